The van der Waals surface area contributed by atoms with Crippen molar-refractivity contribution in [1.29, 1.82) is 0 Å². The monoisotopic (exact) mass is 910 g/mol. The number of fused-ring (bicyclic) bond motifs is 18. The van der Waals surface area contributed by atoms with E-state index in [1.165, 1.54) is 152 Å². The first-order valence-corrected chi connectivity index (χ1v) is 26.8. The van der Waals surface area contributed by atoms with E-state index < -0.39 is 5.41 Å². The highest BCUT2D eigenvalue weighted by atomic mass is 32.1. The lowest BCUT2D eigenvalue weighted by molar-refractivity contribution is 0.332. The molecule has 4 heterocycles. The van der Waals surface area contributed by atoms with E-state index in [1.54, 1.807) is 0 Å². The van der Waals surface area contributed by atoms with Crippen molar-refractivity contribution in [2.24, 2.45) is 0 Å². The first-order chi connectivity index (χ1) is 33.6. The highest BCUT2D eigenvalue weighted by molar-refractivity contribution is 7.26. The van der Waals surface area contributed by atoms with Gasteiger partial charge < -0.3 is 9.71 Å². The van der Waals surface area contributed by atoms with Crippen LogP contribution in [-0.2, 0) is 29.1 Å². The minimum Gasteiger partial charge on any atom is -0.375 e. The van der Waals surface area contributed by atoms with Gasteiger partial charge in [0.15, 0.2) is 0 Å². The van der Waals surface area contributed by atoms with Crippen LogP contribution in [0.5, 0.6) is 0 Å². The molecule has 0 bridgehead atoms. The fourth-order valence-electron chi connectivity index (χ4n) is 13.9. The lowest BCUT2D eigenvalue weighted by Gasteiger charge is -2.51. The molecular weight excluding hydrogens is 852 g/mol. The zero-order chi connectivity index (χ0) is 46.6. The Labute approximate surface area is 412 Å². The Morgan fingerprint density at radius 1 is 0.507 bits per heavy atom. The quantitative estimate of drug-likeness (QED) is 0.147. The van der Waals surface area contributed by atoms with Crippen LogP contribution in [-0.4, -0.2) is 6.85 Å². The summed E-state index contributed by atoms with van der Waals surface area (Å²) < 4.78 is 2.80. The van der Waals surface area contributed by atoms with Crippen molar-refractivity contribution in [3.05, 3.63) is 196 Å². The Morgan fingerprint density at radius 2 is 1.14 bits per heavy atom. The molecule has 1 spiro atoms. The van der Waals surface area contributed by atoms with E-state index >= 15 is 0 Å². The maximum Gasteiger partial charge on any atom is 0.333 e. The van der Waals surface area contributed by atoms with Gasteiger partial charge in [-0.2, -0.15) is 0 Å². The second kappa shape index (κ2) is 14.8. The van der Waals surface area contributed by atoms with Gasteiger partial charge in [-0.05, 0) is 158 Å². The predicted octanol–water partition coefficient (Wildman–Crippen LogP) is 16.5. The van der Waals surface area contributed by atoms with Crippen molar-refractivity contribution in [1.82, 2.24) is 0 Å². The Morgan fingerprint density at radius 3 is 1.86 bits per heavy atom. The van der Waals surface area contributed by atoms with Crippen LogP contribution in [0.25, 0.3) is 42.4 Å². The van der Waals surface area contributed by atoms with Gasteiger partial charge in [0.05, 0.1) is 21.5 Å². The number of hydrogen-bond donors (Lipinski definition) is 0. The molecule has 0 saturated heterocycles. The zero-order valence-corrected chi connectivity index (χ0v) is 41.8. The minimum absolute atomic E-state index is 0.0634. The normalized spacial score (nSPS) is 16.8. The van der Waals surface area contributed by atoms with Crippen LogP contribution in [0.1, 0.15) is 125 Å². The van der Waals surface area contributed by atoms with Gasteiger partial charge in [-0.3, -0.25) is 0 Å². The molecule has 69 heavy (non-hydrogen) atoms. The van der Waals surface area contributed by atoms with Crippen LogP contribution in [0, 0.1) is 0 Å². The van der Waals surface area contributed by atoms with Crippen molar-refractivity contribution in [3.8, 4) is 22.3 Å². The van der Waals surface area contributed by atoms with Gasteiger partial charge in [-0.15, -0.1) is 11.3 Å². The molecular formula is C65H59BN2S. The summed E-state index contributed by atoms with van der Waals surface area (Å²) in [6.07, 6.45) is 9.29. The molecule has 2 nitrogen and oxygen atoms in total. The standard InChI is InChI=1S/C65H59BN2S/c1-7-9-18-40-28-30-42(31-29-40)68-60-45(32-33-46-47-38-53-54(39-58(47)69-62(46)60)64(5,6)35-34-63(53,3)4)48-36-41(19-10-8-2)37-57-59(48)66(68)55-26-17-25-52-61(55)67(57)56-27-16-15-24-51(56)65(52)49-22-13-11-20-43(49)44-21-12-14-23-50(44)65/h11-17,20-33,36-39H,7-10,18-19,34-35H2,1-6H3. The number of rotatable bonds is 7. The molecule has 0 unspecified atom stereocenters. The molecule has 338 valence electrons. The second-order valence-electron chi connectivity index (χ2n) is 22.3. The van der Waals surface area contributed by atoms with Crippen molar-refractivity contribution in [2.75, 3.05) is 9.71 Å². The van der Waals surface area contributed by atoms with Crippen LogP contribution in [0.3, 0.4) is 0 Å². The molecule has 0 atom stereocenters. The first kappa shape index (κ1) is 41.6. The molecule has 8 aromatic carbocycles. The molecule has 0 saturated carbocycles. The molecule has 5 aliphatic rings. The van der Waals surface area contributed by atoms with E-state index in [2.05, 4.69) is 203 Å². The van der Waals surface area contributed by atoms with Crippen molar-refractivity contribution >= 4 is 77.7 Å². The molecule has 0 radical (unpaired) electrons. The Hall–Kier alpha value is -6.36. The topological polar surface area (TPSA) is 6.48 Å². The summed E-state index contributed by atoms with van der Waals surface area (Å²) in [5, 5.41) is 2.79. The zero-order valence-electron chi connectivity index (χ0n) is 41.0. The Bertz CT molecular complexity index is 3580. The van der Waals surface area contributed by atoms with Gasteiger partial charge in [-0.25, -0.2) is 0 Å². The average Bonchev–Trinajstić information content (AvgIpc) is 3.89. The van der Waals surface area contributed by atoms with Crippen molar-refractivity contribution in [3.63, 3.8) is 0 Å². The Balaban J connectivity index is 1.11. The maximum absolute atomic E-state index is 2.80. The predicted molar refractivity (Wildman–Crippen MR) is 296 cm³/mol. The summed E-state index contributed by atoms with van der Waals surface area (Å²) in [6.45, 7) is 14.4. The fourth-order valence-corrected chi connectivity index (χ4v) is 15.2. The van der Waals surface area contributed by atoms with Gasteiger partial charge >= 0.3 is 6.85 Å². The van der Waals surface area contributed by atoms with Gasteiger partial charge in [0, 0.05) is 38.1 Å². The van der Waals surface area contributed by atoms with Crippen molar-refractivity contribution in [2.45, 2.75) is 109 Å². The SMILES string of the molecule is CCCCc1ccc(N2B3c4cccc5c4N(c4ccccc4C54c5ccccc5-c5ccccc54)c4cc(CCCC)cc(c43)-c3ccc4c(sc5cc6c(cc54)C(C)(C)CCC6(C)C)c32)cc1. The summed E-state index contributed by atoms with van der Waals surface area (Å²) in [4.78, 5) is 5.52. The number of para-hydroxylation sites is 2. The second-order valence-corrected chi connectivity index (χ2v) is 23.3. The fraction of sp³-hybridized carbons (Fsp3) is 0.262. The van der Waals surface area contributed by atoms with Crippen molar-refractivity contribution < 1.29 is 0 Å². The molecule has 0 N–H and O–H groups in total. The number of hydrogen-bond acceptors (Lipinski definition) is 3. The average molecular weight is 911 g/mol. The number of nitrogens with zero attached hydrogens (tertiary/aromatic N) is 2. The molecule has 0 amide bonds. The summed E-state index contributed by atoms with van der Waals surface area (Å²) in [5.41, 5.74) is 26.0. The third-order valence-corrected chi connectivity index (χ3v) is 18.6. The molecule has 9 aromatic rings. The number of thiophene rings is 1. The molecule has 14 rings (SSSR count). The molecule has 0 fully saturated rings. The van der Waals surface area contributed by atoms with Gasteiger partial charge in [0.25, 0.3) is 0 Å². The largest absolute Gasteiger partial charge is 0.375 e. The summed E-state index contributed by atoms with van der Waals surface area (Å²) in [7, 11) is 0. The summed E-state index contributed by atoms with van der Waals surface area (Å²) in [6, 6.07) is 60.4. The van der Waals surface area contributed by atoms with E-state index in [0.717, 1.165) is 25.7 Å². The number of anilines is 5. The highest BCUT2D eigenvalue weighted by Gasteiger charge is 2.56. The van der Waals surface area contributed by atoms with E-state index in [1.807, 2.05) is 11.3 Å². The Kier molecular flexibility index (Phi) is 8.94. The third kappa shape index (κ3) is 5.56. The van der Waals surface area contributed by atoms with Crippen LogP contribution in [0.2, 0.25) is 0 Å². The van der Waals surface area contributed by atoms with Crippen LogP contribution >= 0.6 is 11.3 Å². The molecule has 2 aliphatic carbocycles. The molecule has 3 aliphatic heterocycles. The number of unbranched alkanes of at least 4 members (excludes halogenated alkanes) is 2. The van der Waals surface area contributed by atoms with Crippen LogP contribution in [0.15, 0.2) is 152 Å². The lowest BCUT2D eigenvalue weighted by atomic mass is 9.42. The third-order valence-electron chi connectivity index (χ3n) is 17.5. The van der Waals surface area contributed by atoms with Crippen LogP contribution < -0.4 is 20.6 Å². The highest BCUT2D eigenvalue weighted by Crippen LogP contribution is 2.64. The summed E-state index contributed by atoms with van der Waals surface area (Å²) >= 11 is 2.03. The molecule has 1 aromatic heterocycles. The summed E-state index contributed by atoms with van der Waals surface area (Å²) in [5.74, 6) is 0. The van der Waals surface area contributed by atoms with E-state index in [0.29, 0.717) is 0 Å². The van der Waals surface area contributed by atoms with Crippen LogP contribution in [0.4, 0.5) is 28.4 Å². The van der Waals surface area contributed by atoms with E-state index in [-0.39, 0.29) is 17.7 Å². The lowest BCUT2D eigenvalue weighted by Crippen LogP contribution is -2.62. The van der Waals surface area contributed by atoms with E-state index in [9.17, 15) is 0 Å². The van der Waals surface area contributed by atoms with Gasteiger partial charge in [0.1, 0.15) is 0 Å². The number of benzene rings is 8. The van der Waals surface area contributed by atoms with Gasteiger partial charge in [0.2, 0.25) is 0 Å². The molecule has 4 heteroatoms. The smallest absolute Gasteiger partial charge is 0.333 e. The number of aryl methyl sites for hydroxylation is 2. The van der Waals surface area contributed by atoms with E-state index in [4.69, 9.17) is 0 Å². The maximum atomic E-state index is 2.80. The van der Waals surface area contributed by atoms with Gasteiger partial charge in [-0.1, -0.05) is 170 Å². The first-order valence-electron chi connectivity index (χ1n) is 26.0. The minimum atomic E-state index is -0.483.